The summed E-state index contributed by atoms with van der Waals surface area (Å²) in [6.07, 6.45) is 2.79. The molecule has 1 aliphatic rings. The minimum Gasteiger partial charge on any atom is -1.00 e. The van der Waals surface area contributed by atoms with E-state index >= 15 is 0 Å². The number of methoxy groups -OCH3 is 3. The van der Waals surface area contributed by atoms with Gasteiger partial charge in [0.1, 0.15) is 7.05 Å². The third-order valence-corrected chi connectivity index (χ3v) is 4.90. The number of aryl methyl sites for hydroxylation is 1. The fraction of sp³-hybridized carbons (Fsp3) is 0.250. The largest absolute Gasteiger partial charge is 1.00 e. The summed E-state index contributed by atoms with van der Waals surface area (Å²) in [7, 11) is 6.90. The van der Waals surface area contributed by atoms with Gasteiger partial charge < -0.3 is 31.7 Å². The summed E-state index contributed by atoms with van der Waals surface area (Å²) in [5.74, 6) is 2.13. The summed E-state index contributed by atoms with van der Waals surface area (Å²) in [5.41, 5.74) is 4.42. The van der Waals surface area contributed by atoms with Crippen molar-refractivity contribution >= 4 is 10.8 Å². The van der Waals surface area contributed by atoms with E-state index in [0.717, 1.165) is 27.6 Å². The van der Waals surface area contributed by atoms with E-state index in [9.17, 15) is 5.11 Å². The quantitative estimate of drug-likeness (QED) is 0.512. The van der Waals surface area contributed by atoms with Crippen LogP contribution in [0.3, 0.4) is 0 Å². The Kier molecular flexibility index (Phi) is 4.59. The third kappa shape index (κ3) is 2.42. The predicted molar refractivity (Wildman–Crippen MR) is 94.7 cm³/mol. The Hall–Kier alpha value is -2.66. The molecule has 4 rings (SSSR count). The molecule has 26 heavy (non-hydrogen) atoms. The molecule has 136 valence electrons. The molecule has 2 aromatic carbocycles. The number of hydrogen-bond donors (Lipinski definition) is 1. The van der Waals surface area contributed by atoms with Crippen molar-refractivity contribution in [1.29, 1.82) is 0 Å². The van der Waals surface area contributed by atoms with Crippen LogP contribution in [0.15, 0.2) is 30.5 Å². The number of rotatable bonds is 3. The van der Waals surface area contributed by atoms with Crippen LogP contribution in [0.25, 0.3) is 22.0 Å². The molecular formula is C20H20ClNO4. The van der Waals surface area contributed by atoms with Gasteiger partial charge in [0, 0.05) is 28.3 Å². The van der Waals surface area contributed by atoms with Crippen molar-refractivity contribution in [3.63, 3.8) is 0 Å². The highest BCUT2D eigenvalue weighted by atomic mass is 35.5. The van der Waals surface area contributed by atoms with E-state index < -0.39 is 0 Å². The molecule has 1 heterocycles. The number of fused-ring (bicyclic) bond motifs is 5. The monoisotopic (exact) mass is 373 g/mol. The van der Waals surface area contributed by atoms with E-state index in [1.54, 1.807) is 27.4 Å². The van der Waals surface area contributed by atoms with Crippen molar-refractivity contribution in [2.75, 3.05) is 21.3 Å². The minimum absolute atomic E-state index is 0. The van der Waals surface area contributed by atoms with Gasteiger partial charge >= 0.3 is 0 Å². The number of phenolic OH excluding ortho intramolecular Hbond substituents is 1. The van der Waals surface area contributed by atoms with Gasteiger partial charge in [0.05, 0.1) is 26.9 Å². The number of aromatic hydroxyl groups is 1. The summed E-state index contributed by atoms with van der Waals surface area (Å²) < 4.78 is 18.5. The van der Waals surface area contributed by atoms with Crippen LogP contribution >= 0.6 is 0 Å². The number of aromatic nitrogens is 1. The lowest BCUT2D eigenvalue weighted by Gasteiger charge is -2.10. The molecule has 0 saturated heterocycles. The SMILES string of the molecule is COc1cc2c[n+](C)c3c(c2cc1OC)Cc1c-3ccc(O)c1OC.[Cl-]. The van der Waals surface area contributed by atoms with E-state index in [1.165, 1.54) is 5.56 Å². The van der Waals surface area contributed by atoms with Gasteiger partial charge in [0.25, 0.3) is 0 Å². The molecule has 0 radical (unpaired) electrons. The van der Waals surface area contributed by atoms with Crippen molar-refractivity contribution < 1.29 is 36.3 Å². The maximum absolute atomic E-state index is 10.1. The molecule has 1 aliphatic carbocycles. The zero-order chi connectivity index (χ0) is 17.7. The van der Waals surface area contributed by atoms with Crippen LogP contribution < -0.4 is 31.2 Å². The summed E-state index contributed by atoms with van der Waals surface area (Å²) >= 11 is 0. The molecule has 1 N–H and O–H groups in total. The zero-order valence-corrected chi connectivity index (χ0v) is 15.8. The molecule has 5 nitrogen and oxygen atoms in total. The first-order valence-corrected chi connectivity index (χ1v) is 8.05. The molecule has 0 unspecified atom stereocenters. The lowest BCUT2D eigenvalue weighted by atomic mass is 10.0. The van der Waals surface area contributed by atoms with Gasteiger partial charge in [0.15, 0.2) is 29.2 Å². The average molecular weight is 374 g/mol. The molecule has 0 aliphatic heterocycles. The summed E-state index contributed by atoms with van der Waals surface area (Å²) in [5, 5.41) is 12.3. The molecule has 0 amide bonds. The number of hydrogen-bond acceptors (Lipinski definition) is 4. The van der Waals surface area contributed by atoms with Gasteiger partial charge in [0.2, 0.25) is 5.69 Å². The normalized spacial score (nSPS) is 11.5. The highest BCUT2D eigenvalue weighted by molar-refractivity contribution is 5.94. The Morgan fingerprint density at radius 2 is 1.65 bits per heavy atom. The van der Waals surface area contributed by atoms with E-state index in [0.29, 0.717) is 23.7 Å². The predicted octanol–water partition coefficient (Wildman–Crippen LogP) is -0.0291. The Morgan fingerprint density at radius 1 is 0.962 bits per heavy atom. The lowest BCUT2D eigenvalue weighted by Crippen LogP contribution is -3.00. The molecule has 0 bridgehead atoms. The van der Waals surface area contributed by atoms with Crippen LogP contribution in [0.2, 0.25) is 0 Å². The Bertz CT molecular complexity index is 1020. The molecular weight excluding hydrogens is 354 g/mol. The average Bonchev–Trinajstić information content (AvgIpc) is 3.01. The van der Waals surface area contributed by atoms with Crippen LogP contribution in [0.5, 0.6) is 23.0 Å². The third-order valence-electron chi connectivity index (χ3n) is 4.90. The number of pyridine rings is 1. The first-order valence-electron chi connectivity index (χ1n) is 8.05. The van der Waals surface area contributed by atoms with Crippen molar-refractivity contribution in [2.45, 2.75) is 6.42 Å². The molecule has 0 saturated carbocycles. The van der Waals surface area contributed by atoms with Crippen LogP contribution in [-0.4, -0.2) is 26.4 Å². The van der Waals surface area contributed by atoms with Crippen molar-refractivity contribution in [2.24, 2.45) is 7.05 Å². The van der Waals surface area contributed by atoms with Crippen LogP contribution in [-0.2, 0) is 13.5 Å². The number of benzene rings is 2. The van der Waals surface area contributed by atoms with Crippen molar-refractivity contribution in [3.05, 3.63) is 41.6 Å². The Labute approximate surface area is 158 Å². The lowest BCUT2D eigenvalue weighted by molar-refractivity contribution is -0.659. The smallest absolute Gasteiger partial charge is 0.216 e. The number of halogens is 1. The number of ether oxygens (including phenoxy) is 3. The van der Waals surface area contributed by atoms with Crippen molar-refractivity contribution in [1.82, 2.24) is 0 Å². The highest BCUT2D eigenvalue weighted by Gasteiger charge is 2.32. The first-order chi connectivity index (χ1) is 12.1. The summed E-state index contributed by atoms with van der Waals surface area (Å²) in [6, 6.07) is 7.65. The molecule has 0 spiro atoms. The Morgan fingerprint density at radius 3 is 2.31 bits per heavy atom. The number of phenols is 1. The first kappa shape index (κ1) is 18.1. The van der Waals surface area contributed by atoms with Gasteiger partial charge in [-0.05, 0) is 24.3 Å². The second-order valence-electron chi connectivity index (χ2n) is 6.18. The maximum atomic E-state index is 10.1. The molecule has 1 aromatic heterocycles. The maximum Gasteiger partial charge on any atom is 0.216 e. The van der Waals surface area contributed by atoms with E-state index in [-0.39, 0.29) is 18.2 Å². The second kappa shape index (κ2) is 6.57. The summed E-state index contributed by atoms with van der Waals surface area (Å²) in [4.78, 5) is 0. The molecule has 3 aromatic rings. The molecule has 0 atom stereocenters. The second-order valence-corrected chi connectivity index (χ2v) is 6.18. The standard InChI is InChI=1S/C20H19NO4.ClH/c1-21-10-11-7-17(23-2)18(24-3)9-13(11)14-8-15-12(19(14)21)5-6-16(22)20(15)25-4;/h5-7,9-10H,8H2,1-4H3;1H. The van der Waals surface area contributed by atoms with Gasteiger partial charge in [-0.2, -0.15) is 0 Å². The van der Waals surface area contributed by atoms with Crippen molar-refractivity contribution in [3.8, 4) is 34.3 Å². The molecule has 0 fully saturated rings. The van der Waals surface area contributed by atoms with Crippen LogP contribution in [0.4, 0.5) is 0 Å². The van der Waals surface area contributed by atoms with E-state index in [1.807, 2.05) is 25.2 Å². The highest BCUT2D eigenvalue weighted by Crippen LogP contribution is 2.46. The van der Waals surface area contributed by atoms with Gasteiger partial charge in [-0.15, -0.1) is 0 Å². The fourth-order valence-corrected chi connectivity index (χ4v) is 3.83. The van der Waals surface area contributed by atoms with Gasteiger partial charge in [-0.25, -0.2) is 4.57 Å². The summed E-state index contributed by atoms with van der Waals surface area (Å²) in [6.45, 7) is 0. The fourth-order valence-electron chi connectivity index (χ4n) is 3.83. The van der Waals surface area contributed by atoms with E-state index in [4.69, 9.17) is 14.2 Å². The van der Waals surface area contributed by atoms with Crippen LogP contribution in [0, 0.1) is 0 Å². The van der Waals surface area contributed by atoms with E-state index in [2.05, 4.69) is 10.8 Å². The van der Waals surface area contributed by atoms with Gasteiger partial charge in [-0.1, -0.05) is 0 Å². The topological polar surface area (TPSA) is 51.8 Å². The number of nitrogens with zero attached hydrogens (tertiary/aromatic N) is 1. The zero-order valence-electron chi connectivity index (χ0n) is 15.1. The Balaban J connectivity index is 0.00000196. The van der Waals surface area contributed by atoms with Crippen LogP contribution in [0.1, 0.15) is 11.1 Å². The minimum atomic E-state index is 0. The molecule has 6 heteroatoms. The van der Waals surface area contributed by atoms with Gasteiger partial charge in [-0.3, -0.25) is 0 Å².